The van der Waals surface area contributed by atoms with Gasteiger partial charge in [0.1, 0.15) is 0 Å². The van der Waals surface area contributed by atoms with Crippen molar-refractivity contribution in [1.29, 1.82) is 0 Å². The van der Waals surface area contributed by atoms with Crippen molar-refractivity contribution in [2.24, 2.45) is 5.73 Å². The minimum absolute atomic E-state index is 0.0301. The molecule has 0 rings (SSSR count). The monoisotopic (exact) mass is 125 g/mol. The van der Waals surface area contributed by atoms with E-state index in [-0.39, 0.29) is 13.0 Å². The molecule has 4 heteroatoms. The first kappa shape index (κ1) is 7.78. The molecule has 0 aromatic heterocycles. The molecule has 8 heavy (non-hydrogen) atoms. The molecule has 0 amide bonds. The van der Waals surface area contributed by atoms with Crippen LogP contribution in [0.15, 0.2) is 0 Å². The molecule has 0 bridgehead atoms. The van der Waals surface area contributed by atoms with E-state index in [0.717, 1.165) is 0 Å². The quantitative estimate of drug-likeness (QED) is 0.556. The summed E-state index contributed by atoms with van der Waals surface area (Å²) in [5.41, 5.74) is 4.82. The topological polar surface area (TPSA) is 46.2 Å². The highest BCUT2D eigenvalue weighted by Gasteiger charge is 2.12. The maximum atomic E-state index is 11.4. The molecule has 0 radical (unpaired) electrons. The Morgan fingerprint density at radius 1 is 1.50 bits per heavy atom. The van der Waals surface area contributed by atoms with Gasteiger partial charge in [-0.2, -0.15) is 0 Å². The van der Waals surface area contributed by atoms with Gasteiger partial charge in [0.2, 0.25) is 0 Å². The average Bonchev–Trinajstić information content (AvgIpc) is 1.67. The molecule has 0 aromatic carbocycles. The predicted molar refractivity (Wildman–Crippen MR) is 25.7 cm³/mol. The summed E-state index contributed by atoms with van der Waals surface area (Å²) in [5, 5.41) is 8.07. The van der Waals surface area contributed by atoms with Crippen LogP contribution < -0.4 is 5.73 Å². The molecule has 0 spiro atoms. The van der Waals surface area contributed by atoms with Crippen LogP contribution in [0, 0.1) is 0 Å². The molecule has 3 N–H and O–H groups in total. The van der Waals surface area contributed by atoms with Crippen molar-refractivity contribution in [3.63, 3.8) is 0 Å². The summed E-state index contributed by atoms with van der Waals surface area (Å²) in [6, 6.07) is -1.17. The third kappa shape index (κ3) is 2.87. The Morgan fingerprint density at radius 3 is 2.12 bits per heavy atom. The summed E-state index contributed by atoms with van der Waals surface area (Å²) >= 11 is 0. The molecule has 2 nitrogen and oxygen atoms in total. The smallest absolute Gasteiger partial charge is 0.253 e. The molecule has 0 saturated carbocycles. The SMILES string of the molecule is N[C@@H](CCO)C(F)F. The van der Waals surface area contributed by atoms with E-state index in [4.69, 9.17) is 10.8 Å². The fourth-order valence-corrected chi connectivity index (χ4v) is 0.275. The van der Waals surface area contributed by atoms with Crippen molar-refractivity contribution in [2.45, 2.75) is 18.9 Å². The van der Waals surface area contributed by atoms with Crippen molar-refractivity contribution in [2.75, 3.05) is 6.61 Å². The third-order valence-electron chi connectivity index (χ3n) is 0.786. The number of aliphatic hydroxyl groups is 1. The van der Waals surface area contributed by atoms with Gasteiger partial charge >= 0.3 is 0 Å². The summed E-state index contributed by atoms with van der Waals surface area (Å²) in [6.07, 6.45) is -2.54. The lowest BCUT2D eigenvalue weighted by atomic mass is 10.2. The molecular formula is C4H9F2NO. The van der Waals surface area contributed by atoms with Crippen LogP contribution in [-0.2, 0) is 0 Å². The van der Waals surface area contributed by atoms with Gasteiger partial charge in [0, 0.05) is 6.61 Å². The second-order valence-corrected chi connectivity index (χ2v) is 1.51. The Labute approximate surface area is 46.3 Å². The largest absolute Gasteiger partial charge is 0.396 e. The maximum absolute atomic E-state index is 11.4. The number of rotatable bonds is 3. The van der Waals surface area contributed by atoms with E-state index in [1.54, 1.807) is 0 Å². The van der Waals surface area contributed by atoms with Crippen LogP contribution in [0.4, 0.5) is 8.78 Å². The molecule has 0 fully saturated rings. The fourth-order valence-electron chi connectivity index (χ4n) is 0.275. The van der Waals surface area contributed by atoms with Crippen LogP contribution in [0.1, 0.15) is 6.42 Å². The highest BCUT2D eigenvalue weighted by molar-refractivity contribution is 4.61. The highest BCUT2D eigenvalue weighted by Crippen LogP contribution is 2.00. The van der Waals surface area contributed by atoms with Crippen molar-refractivity contribution in [3.8, 4) is 0 Å². The van der Waals surface area contributed by atoms with Crippen molar-refractivity contribution in [1.82, 2.24) is 0 Å². The Balaban J connectivity index is 3.17. The molecule has 1 atom stereocenters. The van der Waals surface area contributed by atoms with Gasteiger partial charge in [0.05, 0.1) is 6.04 Å². The van der Waals surface area contributed by atoms with Crippen LogP contribution in [0.2, 0.25) is 0 Å². The third-order valence-corrected chi connectivity index (χ3v) is 0.786. The number of aliphatic hydroxyl groups excluding tert-OH is 1. The zero-order chi connectivity index (χ0) is 6.57. The lowest BCUT2D eigenvalue weighted by Crippen LogP contribution is -2.29. The Hall–Kier alpha value is -0.220. The molecular weight excluding hydrogens is 116 g/mol. The zero-order valence-electron chi connectivity index (χ0n) is 4.35. The predicted octanol–water partition coefficient (Wildman–Crippen LogP) is -0.0388. The standard InChI is InChI=1S/C4H9F2NO/c5-4(6)3(7)1-2-8/h3-4,8H,1-2,7H2/t3-/m0/s1. The molecule has 0 aromatic rings. The van der Waals surface area contributed by atoms with Gasteiger partial charge in [-0.1, -0.05) is 0 Å². The lowest BCUT2D eigenvalue weighted by molar-refractivity contribution is 0.101. The second-order valence-electron chi connectivity index (χ2n) is 1.51. The van der Waals surface area contributed by atoms with E-state index in [0.29, 0.717) is 0 Å². The number of hydrogen-bond donors (Lipinski definition) is 2. The average molecular weight is 125 g/mol. The number of halogens is 2. The normalized spacial score (nSPS) is 14.6. The number of nitrogens with two attached hydrogens (primary N) is 1. The van der Waals surface area contributed by atoms with Crippen LogP contribution in [0.5, 0.6) is 0 Å². The summed E-state index contributed by atoms with van der Waals surface area (Å²) in [4.78, 5) is 0. The van der Waals surface area contributed by atoms with E-state index in [2.05, 4.69) is 0 Å². The first-order valence-electron chi connectivity index (χ1n) is 2.33. The summed E-state index contributed by atoms with van der Waals surface area (Å²) in [7, 11) is 0. The molecule has 0 aliphatic heterocycles. The first-order valence-corrected chi connectivity index (χ1v) is 2.33. The Morgan fingerprint density at radius 2 is 2.00 bits per heavy atom. The van der Waals surface area contributed by atoms with E-state index in [9.17, 15) is 8.78 Å². The Bertz CT molecular complexity index is 60.0. The lowest BCUT2D eigenvalue weighted by Gasteiger charge is -2.05. The number of alkyl halides is 2. The maximum Gasteiger partial charge on any atom is 0.253 e. The first-order chi connectivity index (χ1) is 3.68. The summed E-state index contributed by atoms with van der Waals surface area (Å²) in [5.74, 6) is 0. The fraction of sp³-hybridized carbons (Fsp3) is 1.00. The molecule has 0 saturated heterocycles. The van der Waals surface area contributed by atoms with Gasteiger partial charge in [-0.25, -0.2) is 8.78 Å². The minimum atomic E-state index is -2.51. The van der Waals surface area contributed by atoms with Gasteiger partial charge < -0.3 is 10.8 Å². The molecule has 0 unspecified atom stereocenters. The van der Waals surface area contributed by atoms with E-state index >= 15 is 0 Å². The zero-order valence-corrected chi connectivity index (χ0v) is 4.35. The van der Waals surface area contributed by atoms with Gasteiger partial charge in [-0.3, -0.25) is 0 Å². The minimum Gasteiger partial charge on any atom is -0.396 e. The highest BCUT2D eigenvalue weighted by atomic mass is 19.3. The van der Waals surface area contributed by atoms with Gasteiger partial charge in [-0.15, -0.1) is 0 Å². The van der Waals surface area contributed by atoms with Gasteiger partial charge in [0.15, 0.2) is 0 Å². The molecule has 0 aliphatic rings. The van der Waals surface area contributed by atoms with Crippen LogP contribution in [-0.4, -0.2) is 24.2 Å². The van der Waals surface area contributed by atoms with Crippen molar-refractivity contribution < 1.29 is 13.9 Å². The Kier molecular flexibility index (Phi) is 3.64. The summed E-state index contributed by atoms with van der Waals surface area (Å²) < 4.78 is 22.8. The van der Waals surface area contributed by atoms with Gasteiger partial charge in [-0.05, 0) is 6.42 Å². The van der Waals surface area contributed by atoms with Gasteiger partial charge in [0.25, 0.3) is 6.43 Å². The molecule has 0 aliphatic carbocycles. The van der Waals surface area contributed by atoms with Crippen LogP contribution >= 0.6 is 0 Å². The van der Waals surface area contributed by atoms with Crippen molar-refractivity contribution in [3.05, 3.63) is 0 Å². The van der Waals surface area contributed by atoms with Crippen LogP contribution in [0.3, 0.4) is 0 Å². The van der Waals surface area contributed by atoms with Crippen LogP contribution in [0.25, 0.3) is 0 Å². The van der Waals surface area contributed by atoms with Crippen molar-refractivity contribution >= 4 is 0 Å². The summed E-state index contributed by atoms with van der Waals surface area (Å²) in [6.45, 7) is -0.272. The van der Waals surface area contributed by atoms with E-state index < -0.39 is 12.5 Å². The second kappa shape index (κ2) is 3.74. The van der Waals surface area contributed by atoms with E-state index in [1.165, 1.54) is 0 Å². The molecule has 50 valence electrons. The molecule has 0 heterocycles. The van der Waals surface area contributed by atoms with E-state index in [1.807, 2.05) is 0 Å². The number of hydrogen-bond acceptors (Lipinski definition) is 2.